The van der Waals surface area contributed by atoms with Gasteiger partial charge in [0.25, 0.3) is 0 Å². The average molecular weight is 234 g/mol. The number of carboxylic acids is 1. The van der Waals surface area contributed by atoms with Crippen LogP contribution in [0.2, 0.25) is 0 Å². The lowest BCUT2D eigenvalue weighted by atomic mass is 10.2. The summed E-state index contributed by atoms with van der Waals surface area (Å²) < 4.78 is 5.52. The van der Waals surface area contributed by atoms with E-state index in [2.05, 4.69) is 0 Å². The Morgan fingerprint density at radius 2 is 2.00 bits per heavy atom. The highest BCUT2D eigenvalue weighted by Gasteiger charge is 1.96. The summed E-state index contributed by atoms with van der Waals surface area (Å²) in [5.41, 5.74) is 1.05. The first kappa shape index (κ1) is 13.3. The van der Waals surface area contributed by atoms with Crippen LogP contribution in [0.15, 0.2) is 30.3 Å². The molecule has 1 N–H and O–H groups in total. The fourth-order valence-electron chi connectivity index (χ4n) is 1.36. The lowest BCUT2D eigenvalue weighted by Crippen LogP contribution is -2.05. The number of allylic oxidation sites excluding steroid dienone is 1. The van der Waals surface area contributed by atoms with E-state index in [1.165, 1.54) is 0 Å². The van der Waals surface area contributed by atoms with Gasteiger partial charge in [0.15, 0.2) is 0 Å². The summed E-state index contributed by atoms with van der Waals surface area (Å²) in [6.45, 7) is 3.97. The van der Waals surface area contributed by atoms with Crippen molar-refractivity contribution < 1.29 is 14.6 Å². The van der Waals surface area contributed by atoms with E-state index in [0.717, 1.165) is 11.3 Å². The van der Waals surface area contributed by atoms with Gasteiger partial charge in [0, 0.05) is 6.42 Å². The van der Waals surface area contributed by atoms with Crippen LogP contribution in [0.3, 0.4) is 0 Å². The van der Waals surface area contributed by atoms with Gasteiger partial charge in [-0.2, -0.15) is 0 Å². The fraction of sp³-hybridized carbons (Fsp3) is 0.357. The van der Waals surface area contributed by atoms with E-state index in [1.807, 2.05) is 50.3 Å². The number of carbonyl (C=O) groups is 1. The van der Waals surface area contributed by atoms with Crippen LogP contribution in [0.5, 0.6) is 5.75 Å². The van der Waals surface area contributed by atoms with Gasteiger partial charge in [-0.25, -0.2) is 0 Å². The smallest absolute Gasteiger partial charge is 0.303 e. The summed E-state index contributed by atoms with van der Waals surface area (Å²) in [4.78, 5) is 10.3. The van der Waals surface area contributed by atoms with Crippen molar-refractivity contribution in [1.82, 2.24) is 0 Å². The van der Waals surface area contributed by atoms with Gasteiger partial charge in [-0.15, -0.1) is 0 Å². The molecule has 1 aromatic carbocycles. The van der Waals surface area contributed by atoms with Gasteiger partial charge < -0.3 is 9.84 Å². The van der Waals surface area contributed by atoms with E-state index in [4.69, 9.17) is 9.84 Å². The molecule has 0 radical (unpaired) electrons. The van der Waals surface area contributed by atoms with Crippen molar-refractivity contribution in [1.29, 1.82) is 0 Å². The lowest BCUT2D eigenvalue weighted by Gasteiger charge is -2.09. The van der Waals surface area contributed by atoms with Crippen LogP contribution in [0.1, 0.15) is 32.3 Å². The molecule has 0 bridgehead atoms. The molecule has 17 heavy (non-hydrogen) atoms. The molecule has 0 heterocycles. The van der Waals surface area contributed by atoms with Crippen LogP contribution < -0.4 is 4.74 Å². The normalized spacial score (nSPS) is 11.0. The number of carboxylic acid groups (broad SMARTS) is 1. The Morgan fingerprint density at radius 1 is 1.35 bits per heavy atom. The monoisotopic (exact) mass is 234 g/mol. The molecule has 0 spiro atoms. The van der Waals surface area contributed by atoms with Crippen LogP contribution in [0.4, 0.5) is 0 Å². The minimum Gasteiger partial charge on any atom is -0.491 e. The second kappa shape index (κ2) is 6.74. The minimum absolute atomic E-state index is 0.172. The summed E-state index contributed by atoms with van der Waals surface area (Å²) in [5.74, 6) is 0.0815. The number of benzene rings is 1. The molecule has 0 unspecified atom stereocenters. The Bertz CT molecular complexity index is 377. The first-order valence-corrected chi connectivity index (χ1v) is 5.73. The maximum Gasteiger partial charge on any atom is 0.303 e. The molecular weight excluding hydrogens is 216 g/mol. The molecule has 0 atom stereocenters. The molecule has 0 saturated heterocycles. The van der Waals surface area contributed by atoms with E-state index < -0.39 is 5.97 Å². The molecular formula is C14H18O3. The zero-order valence-corrected chi connectivity index (χ0v) is 10.2. The van der Waals surface area contributed by atoms with E-state index in [9.17, 15) is 4.79 Å². The van der Waals surface area contributed by atoms with Gasteiger partial charge >= 0.3 is 5.97 Å². The van der Waals surface area contributed by atoms with Crippen LogP contribution in [-0.4, -0.2) is 17.2 Å². The molecule has 3 nitrogen and oxygen atoms in total. The first-order chi connectivity index (χ1) is 8.08. The predicted molar refractivity (Wildman–Crippen MR) is 68.1 cm³/mol. The third kappa shape index (κ3) is 5.76. The summed E-state index contributed by atoms with van der Waals surface area (Å²) in [7, 11) is 0. The van der Waals surface area contributed by atoms with Crippen molar-refractivity contribution in [3.05, 3.63) is 35.9 Å². The SMILES string of the molecule is CC(C)Oc1ccc(/C=C/CCC(=O)O)cc1. The van der Waals surface area contributed by atoms with Gasteiger partial charge in [-0.1, -0.05) is 24.3 Å². The van der Waals surface area contributed by atoms with E-state index >= 15 is 0 Å². The van der Waals surface area contributed by atoms with Crippen molar-refractivity contribution in [2.24, 2.45) is 0 Å². The summed E-state index contributed by atoms with van der Waals surface area (Å²) in [5, 5.41) is 8.48. The minimum atomic E-state index is -0.768. The Hall–Kier alpha value is -1.77. The van der Waals surface area contributed by atoms with Gasteiger partial charge in [0.2, 0.25) is 0 Å². The van der Waals surface area contributed by atoms with Crippen molar-refractivity contribution in [2.75, 3.05) is 0 Å². The third-order valence-corrected chi connectivity index (χ3v) is 2.09. The Balaban J connectivity index is 2.47. The summed E-state index contributed by atoms with van der Waals surface area (Å²) in [6.07, 6.45) is 4.69. The number of rotatable bonds is 6. The Kier molecular flexibility index (Phi) is 5.27. The third-order valence-electron chi connectivity index (χ3n) is 2.09. The Morgan fingerprint density at radius 3 is 2.53 bits per heavy atom. The molecule has 0 aliphatic heterocycles. The molecule has 0 saturated carbocycles. The van der Waals surface area contributed by atoms with Crippen molar-refractivity contribution in [3.63, 3.8) is 0 Å². The largest absolute Gasteiger partial charge is 0.491 e. The number of hydrogen-bond acceptors (Lipinski definition) is 2. The van der Waals surface area contributed by atoms with Crippen LogP contribution in [-0.2, 0) is 4.79 Å². The maximum absolute atomic E-state index is 10.3. The second-order valence-corrected chi connectivity index (χ2v) is 4.07. The highest BCUT2D eigenvalue weighted by molar-refractivity contribution is 5.67. The molecule has 0 aromatic heterocycles. The van der Waals surface area contributed by atoms with E-state index in [0.29, 0.717) is 6.42 Å². The molecule has 1 rings (SSSR count). The van der Waals surface area contributed by atoms with Crippen LogP contribution in [0.25, 0.3) is 6.08 Å². The average Bonchev–Trinajstić information content (AvgIpc) is 2.25. The zero-order valence-electron chi connectivity index (χ0n) is 10.2. The molecule has 1 aromatic rings. The molecule has 0 fully saturated rings. The van der Waals surface area contributed by atoms with Gasteiger partial charge in [-0.3, -0.25) is 4.79 Å². The van der Waals surface area contributed by atoms with Gasteiger partial charge in [-0.05, 0) is 38.0 Å². The van der Waals surface area contributed by atoms with Crippen molar-refractivity contribution >= 4 is 12.0 Å². The predicted octanol–water partition coefficient (Wildman–Crippen LogP) is 3.35. The highest BCUT2D eigenvalue weighted by atomic mass is 16.5. The number of ether oxygens (including phenoxy) is 1. The van der Waals surface area contributed by atoms with Crippen LogP contribution in [0, 0.1) is 0 Å². The first-order valence-electron chi connectivity index (χ1n) is 5.73. The summed E-state index contributed by atoms with van der Waals surface area (Å²) >= 11 is 0. The molecule has 3 heteroatoms. The lowest BCUT2D eigenvalue weighted by molar-refractivity contribution is -0.136. The zero-order chi connectivity index (χ0) is 12.7. The maximum atomic E-state index is 10.3. The van der Waals surface area contributed by atoms with Crippen LogP contribution >= 0.6 is 0 Å². The van der Waals surface area contributed by atoms with E-state index in [-0.39, 0.29) is 12.5 Å². The molecule has 92 valence electrons. The highest BCUT2D eigenvalue weighted by Crippen LogP contribution is 2.14. The topological polar surface area (TPSA) is 46.5 Å². The fourth-order valence-corrected chi connectivity index (χ4v) is 1.36. The van der Waals surface area contributed by atoms with Crippen molar-refractivity contribution in [2.45, 2.75) is 32.8 Å². The van der Waals surface area contributed by atoms with Gasteiger partial charge in [0.1, 0.15) is 5.75 Å². The van der Waals surface area contributed by atoms with Gasteiger partial charge in [0.05, 0.1) is 6.10 Å². The second-order valence-electron chi connectivity index (χ2n) is 4.07. The molecule has 0 aliphatic rings. The van der Waals surface area contributed by atoms with E-state index in [1.54, 1.807) is 0 Å². The number of hydrogen-bond donors (Lipinski definition) is 1. The Labute approximate surface area is 102 Å². The standard InChI is InChI=1S/C14H18O3/c1-11(2)17-13-9-7-12(8-10-13)5-3-4-6-14(15)16/h3,5,7-11H,4,6H2,1-2H3,(H,15,16)/b5-3+. The number of aliphatic carboxylic acids is 1. The summed E-state index contributed by atoms with van der Waals surface area (Å²) in [6, 6.07) is 7.73. The van der Waals surface area contributed by atoms with Crippen molar-refractivity contribution in [3.8, 4) is 5.75 Å². The molecule has 0 aliphatic carbocycles. The quantitative estimate of drug-likeness (QED) is 0.821. The molecule has 0 amide bonds.